The fraction of sp³-hybridized carbons (Fsp3) is 0.588. The van der Waals surface area contributed by atoms with Gasteiger partial charge in [-0.3, -0.25) is 0 Å². The normalized spacial score (nSPS) is 25.4. The molecule has 0 radical (unpaired) electrons. The minimum Gasteiger partial charge on any atom is -0.373 e. The van der Waals surface area contributed by atoms with Crippen molar-refractivity contribution in [2.75, 3.05) is 44.6 Å². The molecular weight excluding hydrogens is 375 g/mol. The van der Waals surface area contributed by atoms with E-state index in [1.54, 1.807) is 4.90 Å². The van der Waals surface area contributed by atoms with E-state index >= 15 is 0 Å². The second kappa shape index (κ2) is 8.09. The van der Waals surface area contributed by atoms with E-state index in [0.717, 1.165) is 0 Å². The molecule has 0 aromatic heterocycles. The molecule has 2 aliphatic heterocycles. The van der Waals surface area contributed by atoms with Crippen LogP contribution in [-0.4, -0.2) is 79.4 Å². The summed E-state index contributed by atoms with van der Waals surface area (Å²) >= 11 is 0. The van der Waals surface area contributed by atoms with Crippen molar-refractivity contribution >= 4 is 21.9 Å². The molecule has 2 aliphatic rings. The Kier molecular flexibility index (Phi) is 5.99. The number of hydrogen-bond donors (Lipinski definition) is 1. The van der Waals surface area contributed by atoms with E-state index in [1.165, 1.54) is 32.9 Å². The monoisotopic (exact) mass is 400 g/mol. The van der Waals surface area contributed by atoms with Gasteiger partial charge in [0, 0.05) is 45.0 Å². The van der Waals surface area contributed by atoms with Crippen LogP contribution in [-0.2, 0) is 14.9 Å². The lowest BCUT2D eigenvalue weighted by Gasteiger charge is -2.40. The Labute approximate surface area is 159 Å². The van der Waals surface area contributed by atoms with Crippen molar-refractivity contribution in [3.63, 3.8) is 0 Å². The summed E-state index contributed by atoms with van der Waals surface area (Å²) in [6, 6.07) is 5.17. The van der Waals surface area contributed by atoms with Gasteiger partial charge in [-0.15, -0.1) is 0 Å². The van der Waals surface area contributed by atoms with Gasteiger partial charge in [-0.05, 0) is 38.1 Å². The van der Waals surface area contributed by atoms with Crippen molar-refractivity contribution < 1.29 is 22.3 Å². The van der Waals surface area contributed by atoms with E-state index in [2.05, 4.69) is 5.32 Å². The third-order valence-electron chi connectivity index (χ3n) is 4.66. The number of amides is 2. The molecule has 0 aliphatic carbocycles. The summed E-state index contributed by atoms with van der Waals surface area (Å²) in [5.41, 5.74) is 0.493. The molecule has 150 valence electrons. The number of carbonyl (C=O) groups excluding carboxylic acids is 1. The zero-order valence-electron chi connectivity index (χ0n) is 15.5. The molecule has 0 saturated carbocycles. The highest BCUT2D eigenvalue weighted by Crippen LogP contribution is 2.19. The molecule has 2 amide bonds. The molecule has 1 N–H and O–H groups in total. The summed E-state index contributed by atoms with van der Waals surface area (Å²) in [5, 5.41) is 2.69. The Hall–Kier alpha value is -1.75. The summed E-state index contributed by atoms with van der Waals surface area (Å²) in [7, 11) is -3.58. The summed E-state index contributed by atoms with van der Waals surface area (Å²) in [5.74, 6) is -0.376. The van der Waals surface area contributed by atoms with E-state index < -0.39 is 10.2 Å². The molecule has 10 heteroatoms. The molecule has 2 fully saturated rings. The highest BCUT2D eigenvalue weighted by atomic mass is 32.2. The van der Waals surface area contributed by atoms with E-state index in [-0.39, 0.29) is 37.1 Å². The van der Waals surface area contributed by atoms with Crippen LogP contribution >= 0.6 is 0 Å². The van der Waals surface area contributed by atoms with Crippen LogP contribution in [0.4, 0.5) is 14.9 Å². The predicted octanol–water partition coefficient (Wildman–Crippen LogP) is 1.33. The molecule has 3 rings (SSSR count). The Morgan fingerprint density at radius 3 is 2.15 bits per heavy atom. The maximum atomic E-state index is 12.9. The lowest BCUT2D eigenvalue weighted by Crippen LogP contribution is -2.58. The first-order valence-electron chi connectivity index (χ1n) is 8.98. The van der Waals surface area contributed by atoms with Gasteiger partial charge in [0.25, 0.3) is 10.2 Å². The lowest BCUT2D eigenvalue weighted by atomic mass is 10.3. The average Bonchev–Trinajstić information content (AvgIpc) is 2.63. The van der Waals surface area contributed by atoms with Crippen LogP contribution in [0.15, 0.2) is 24.3 Å². The molecule has 0 spiro atoms. The standard InChI is InChI=1S/C17H25FN4O4S/c1-13-11-22(12-14(2)26-13)27(24,25)21-9-7-20(8-10-21)17(23)19-16-5-3-15(18)4-6-16/h3-6,13-14H,7-12H2,1-2H3,(H,19,23). The van der Waals surface area contributed by atoms with Crippen LogP contribution in [0.5, 0.6) is 0 Å². The van der Waals surface area contributed by atoms with E-state index in [9.17, 15) is 17.6 Å². The van der Waals surface area contributed by atoms with Gasteiger partial charge < -0.3 is 15.0 Å². The fourth-order valence-electron chi connectivity index (χ4n) is 3.34. The first-order valence-corrected chi connectivity index (χ1v) is 10.4. The number of hydrogen-bond acceptors (Lipinski definition) is 4. The van der Waals surface area contributed by atoms with Gasteiger partial charge in [-0.2, -0.15) is 17.0 Å². The Morgan fingerprint density at radius 2 is 1.59 bits per heavy atom. The number of benzene rings is 1. The number of nitrogens with one attached hydrogen (secondary N) is 1. The molecule has 1 aromatic carbocycles. The van der Waals surface area contributed by atoms with Gasteiger partial charge in [-0.25, -0.2) is 9.18 Å². The minimum atomic E-state index is -3.58. The Balaban J connectivity index is 1.56. The van der Waals surface area contributed by atoms with Gasteiger partial charge in [0.1, 0.15) is 5.82 Å². The van der Waals surface area contributed by atoms with Gasteiger partial charge in [0.05, 0.1) is 12.2 Å². The number of carbonyl (C=O) groups is 1. The van der Waals surface area contributed by atoms with Gasteiger partial charge in [0.2, 0.25) is 0 Å². The topological polar surface area (TPSA) is 82.2 Å². The van der Waals surface area contributed by atoms with Crippen LogP contribution in [0, 0.1) is 5.82 Å². The number of ether oxygens (including phenoxy) is 1. The highest BCUT2D eigenvalue weighted by Gasteiger charge is 2.37. The Morgan fingerprint density at radius 1 is 1.04 bits per heavy atom. The first-order chi connectivity index (χ1) is 12.8. The lowest BCUT2D eigenvalue weighted by molar-refractivity contribution is -0.0456. The van der Waals surface area contributed by atoms with Crippen molar-refractivity contribution in [3.8, 4) is 0 Å². The van der Waals surface area contributed by atoms with Gasteiger partial charge >= 0.3 is 6.03 Å². The maximum absolute atomic E-state index is 12.9. The van der Waals surface area contributed by atoms with Crippen molar-refractivity contribution in [2.45, 2.75) is 26.1 Å². The highest BCUT2D eigenvalue weighted by molar-refractivity contribution is 7.86. The SMILES string of the molecule is CC1CN(S(=O)(=O)N2CCN(C(=O)Nc3ccc(F)cc3)CC2)CC(C)O1. The molecular formula is C17H25FN4O4S. The summed E-state index contributed by atoms with van der Waals surface area (Å²) < 4.78 is 47.2. The van der Waals surface area contributed by atoms with Crippen molar-refractivity contribution in [2.24, 2.45) is 0 Å². The second-order valence-corrected chi connectivity index (χ2v) is 8.83. The van der Waals surface area contributed by atoms with Gasteiger partial charge in [-0.1, -0.05) is 0 Å². The number of anilines is 1. The van der Waals surface area contributed by atoms with Crippen LogP contribution in [0.1, 0.15) is 13.8 Å². The summed E-state index contributed by atoms with van der Waals surface area (Å²) in [6.45, 7) is 5.43. The van der Waals surface area contributed by atoms with Gasteiger partial charge in [0.15, 0.2) is 0 Å². The van der Waals surface area contributed by atoms with Crippen LogP contribution in [0.2, 0.25) is 0 Å². The molecule has 0 bridgehead atoms. The third-order valence-corrected chi connectivity index (χ3v) is 6.63. The maximum Gasteiger partial charge on any atom is 0.321 e. The average molecular weight is 400 g/mol. The zero-order valence-corrected chi connectivity index (χ0v) is 16.3. The van der Waals surface area contributed by atoms with E-state index in [4.69, 9.17) is 4.74 Å². The number of piperazine rings is 1. The second-order valence-electron chi connectivity index (χ2n) is 6.91. The quantitative estimate of drug-likeness (QED) is 0.830. The molecule has 2 atom stereocenters. The molecule has 8 nitrogen and oxygen atoms in total. The smallest absolute Gasteiger partial charge is 0.321 e. The Bertz CT molecular complexity index is 756. The number of nitrogens with zero attached hydrogens (tertiary/aromatic N) is 3. The zero-order chi connectivity index (χ0) is 19.6. The minimum absolute atomic E-state index is 0.147. The molecule has 2 heterocycles. The van der Waals surface area contributed by atoms with E-state index in [0.29, 0.717) is 31.9 Å². The van der Waals surface area contributed by atoms with Crippen molar-refractivity contribution in [1.82, 2.24) is 13.5 Å². The van der Waals surface area contributed by atoms with Crippen LogP contribution in [0.25, 0.3) is 0 Å². The first kappa shape index (κ1) is 20.0. The summed E-state index contributed by atoms with van der Waals surface area (Å²) in [6.07, 6.45) is -0.294. The molecule has 2 saturated heterocycles. The number of urea groups is 1. The fourth-order valence-corrected chi connectivity index (χ4v) is 5.09. The van der Waals surface area contributed by atoms with E-state index in [1.807, 2.05) is 13.8 Å². The molecule has 27 heavy (non-hydrogen) atoms. The third kappa shape index (κ3) is 4.75. The molecule has 1 aromatic rings. The number of halogens is 1. The molecule has 2 unspecified atom stereocenters. The van der Waals surface area contributed by atoms with Crippen molar-refractivity contribution in [3.05, 3.63) is 30.1 Å². The van der Waals surface area contributed by atoms with Crippen molar-refractivity contribution in [1.29, 1.82) is 0 Å². The summed E-state index contributed by atoms with van der Waals surface area (Å²) in [4.78, 5) is 13.9. The van der Waals surface area contributed by atoms with Crippen LogP contribution < -0.4 is 5.32 Å². The number of morpholine rings is 1. The number of rotatable bonds is 3. The predicted molar refractivity (Wildman–Crippen MR) is 99.1 cm³/mol. The largest absolute Gasteiger partial charge is 0.373 e. The van der Waals surface area contributed by atoms with Crippen LogP contribution in [0.3, 0.4) is 0 Å².